The van der Waals surface area contributed by atoms with Gasteiger partial charge >= 0.3 is 0 Å². The third kappa shape index (κ3) is 5.69. The third-order valence-corrected chi connectivity index (χ3v) is 1.53. The fraction of sp³-hybridized carbons (Fsp3) is 0.600. The largest absolute Gasteiger partial charge is 0.481 e. The van der Waals surface area contributed by atoms with E-state index in [-0.39, 0.29) is 0 Å². The molecule has 2 nitrogen and oxygen atoms in total. The van der Waals surface area contributed by atoms with E-state index in [4.69, 9.17) is 10.2 Å². The Morgan fingerprint density at radius 1 is 1.62 bits per heavy atom. The Hall–Kier alpha value is -0.310. The Balaban J connectivity index is 3.03. The molecule has 0 saturated heterocycles. The Labute approximate surface area is 53.2 Å². The standard InChI is InChI=1S/C5H10O2S/c1-2-3-8-4-5(6)7/h4,6-7H,2-3H2,1H3. The summed E-state index contributed by atoms with van der Waals surface area (Å²) in [4.78, 5) is 0. The zero-order chi connectivity index (χ0) is 6.41. The molecule has 0 rings (SSSR count). The highest BCUT2D eigenvalue weighted by Crippen LogP contribution is 2.04. The summed E-state index contributed by atoms with van der Waals surface area (Å²) in [5, 5.41) is 17.7. The van der Waals surface area contributed by atoms with E-state index in [9.17, 15) is 0 Å². The Morgan fingerprint density at radius 2 is 2.25 bits per heavy atom. The van der Waals surface area contributed by atoms with Gasteiger partial charge in [-0.15, -0.1) is 11.8 Å². The van der Waals surface area contributed by atoms with Crippen LogP contribution in [0.3, 0.4) is 0 Å². The molecule has 0 aliphatic rings. The highest BCUT2D eigenvalue weighted by Gasteiger charge is 1.82. The minimum atomic E-state index is -0.594. The molecule has 0 unspecified atom stereocenters. The predicted octanol–water partition coefficient (Wildman–Crippen LogP) is 2.04. The summed E-state index contributed by atoms with van der Waals surface area (Å²) in [6.07, 6.45) is 1.05. The van der Waals surface area contributed by atoms with Crippen LogP contribution in [0.1, 0.15) is 13.3 Å². The Bertz CT molecular complexity index is 76.5. The van der Waals surface area contributed by atoms with Crippen molar-refractivity contribution in [3.8, 4) is 0 Å². The lowest BCUT2D eigenvalue weighted by molar-refractivity contribution is 0.193. The minimum absolute atomic E-state index is 0.594. The minimum Gasteiger partial charge on any atom is -0.481 e. The van der Waals surface area contributed by atoms with Crippen LogP contribution in [0.25, 0.3) is 0 Å². The molecule has 0 fully saturated rings. The molecule has 0 aromatic carbocycles. The van der Waals surface area contributed by atoms with E-state index in [2.05, 4.69) is 0 Å². The fourth-order valence-corrected chi connectivity index (χ4v) is 0.754. The number of rotatable bonds is 3. The van der Waals surface area contributed by atoms with Crippen LogP contribution >= 0.6 is 11.8 Å². The first-order valence-electron chi connectivity index (χ1n) is 2.47. The molecule has 0 saturated carbocycles. The van der Waals surface area contributed by atoms with Crippen molar-refractivity contribution in [3.63, 3.8) is 0 Å². The molecule has 0 aliphatic carbocycles. The predicted molar refractivity (Wildman–Crippen MR) is 36.1 cm³/mol. The van der Waals surface area contributed by atoms with E-state index in [0.29, 0.717) is 0 Å². The van der Waals surface area contributed by atoms with Gasteiger partial charge in [-0.2, -0.15) is 0 Å². The van der Waals surface area contributed by atoms with Gasteiger partial charge in [-0.3, -0.25) is 0 Å². The van der Waals surface area contributed by atoms with Crippen molar-refractivity contribution in [1.29, 1.82) is 0 Å². The van der Waals surface area contributed by atoms with Crippen LogP contribution < -0.4 is 0 Å². The molecular formula is C5H10O2S. The van der Waals surface area contributed by atoms with E-state index >= 15 is 0 Å². The van der Waals surface area contributed by atoms with Crippen LogP contribution in [0.4, 0.5) is 0 Å². The van der Waals surface area contributed by atoms with Crippen LogP contribution in [-0.2, 0) is 0 Å². The van der Waals surface area contributed by atoms with Gasteiger partial charge in [0.15, 0.2) is 0 Å². The van der Waals surface area contributed by atoms with Crippen molar-refractivity contribution in [1.82, 2.24) is 0 Å². The summed E-state index contributed by atoms with van der Waals surface area (Å²) in [6, 6.07) is 0. The first-order chi connectivity index (χ1) is 3.77. The van der Waals surface area contributed by atoms with Crippen molar-refractivity contribution in [2.75, 3.05) is 5.75 Å². The van der Waals surface area contributed by atoms with Crippen LogP contribution in [0.2, 0.25) is 0 Å². The molecule has 0 heterocycles. The van der Waals surface area contributed by atoms with Crippen molar-refractivity contribution in [2.45, 2.75) is 13.3 Å². The lowest BCUT2D eigenvalue weighted by Gasteiger charge is -1.87. The average molecular weight is 134 g/mol. The average Bonchev–Trinajstić information content (AvgIpc) is 1.66. The normalized spacial score (nSPS) is 8.62. The third-order valence-electron chi connectivity index (χ3n) is 0.511. The summed E-state index contributed by atoms with van der Waals surface area (Å²) >= 11 is 1.40. The first-order valence-corrected chi connectivity index (χ1v) is 3.52. The first kappa shape index (κ1) is 7.69. The van der Waals surface area contributed by atoms with Gasteiger partial charge in [0.1, 0.15) is 0 Å². The summed E-state index contributed by atoms with van der Waals surface area (Å²) in [7, 11) is 0. The molecule has 0 bridgehead atoms. The molecule has 2 N–H and O–H groups in total. The molecule has 0 aromatic heterocycles. The molecule has 0 spiro atoms. The van der Waals surface area contributed by atoms with Crippen LogP contribution in [0, 0.1) is 0 Å². The molecule has 48 valence electrons. The monoisotopic (exact) mass is 134 g/mol. The molecule has 0 aliphatic heterocycles. The van der Waals surface area contributed by atoms with E-state index in [0.717, 1.165) is 12.2 Å². The quantitative estimate of drug-likeness (QED) is 0.458. The molecule has 8 heavy (non-hydrogen) atoms. The maximum Gasteiger partial charge on any atom is 0.280 e. The number of aliphatic hydroxyl groups is 2. The van der Waals surface area contributed by atoms with Gasteiger partial charge < -0.3 is 10.2 Å². The van der Waals surface area contributed by atoms with Gasteiger partial charge in [0.25, 0.3) is 5.95 Å². The SMILES string of the molecule is CCCSC=C(O)O. The molecular weight excluding hydrogens is 124 g/mol. The van der Waals surface area contributed by atoms with Gasteiger partial charge in [-0.25, -0.2) is 0 Å². The van der Waals surface area contributed by atoms with Gasteiger partial charge in [0, 0.05) is 0 Å². The van der Waals surface area contributed by atoms with Gasteiger partial charge in [-0.05, 0) is 12.2 Å². The second kappa shape index (κ2) is 4.84. The second-order valence-corrected chi connectivity index (χ2v) is 2.32. The van der Waals surface area contributed by atoms with Crippen LogP contribution in [0.5, 0.6) is 0 Å². The van der Waals surface area contributed by atoms with Gasteiger partial charge in [0.2, 0.25) is 0 Å². The summed E-state index contributed by atoms with van der Waals surface area (Å²) < 4.78 is 0. The highest BCUT2D eigenvalue weighted by atomic mass is 32.2. The van der Waals surface area contributed by atoms with E-state index in [1.54, 1.807) is 0 Å². The Morgan fingerprint density at radius 3 is 2.62 bits per heavy atom. The van der Waals surface area contributed by atoms with Gasteiger partial charge in [-0.1, -0.05) is 6.92 Å². The number of hydrogen-bond donors (Lipinski definition) is 2. The topological polar surface area (TPSA) is 40.5 Å². The number of aliphatic hydroxyl groups excluding tert-OH is 1. The smallest absolute Gasteiger partial charge is 0.280 e. The maximum absolute atomic E-state index is 8.17. The Kier molecular flexibility index (Phi) is 4.65. The van der Waals surface area contributed by atoms with Crippen molar-refractivity contribution >= 4 is 11.8 Å². The molecule has 0 aromatic rings. The zero-order valence-corrected chi connectivity index (χ0v) is 5.61. The lowest BCUT2D eigenvalue weighted by Crippen LogP contribution is -1.73. The summed E-state index contributed by atoms with van der Waals surface area (Å²) in [5.74, 6) is 0.341. The zero-order valence-electron chi connectivity index (χ0n) is 4.79. The van der Waals surface area contributed by atoms with Crippen molar-refractivity contribution < 1.29 is 10.2 Å². The molecule has 0 amide bonds. The fourth-order valence-electron chi connectivity index (χ4n) is 0.251. The van der Waals surface area contributed by atoms with Crippen molar-refractivity contribution in [2.24, 2.45) is 0 Å². The lowest BCUT2D eigenvalue weighted by atomic mass is 10.6. The maximum atomic E-state index is 8.17. The van der Waals surface area contributed by atoms with Gasteiger partial charge in [0.05, 0.1) is 5.41 Å². The highest BCUT2D eigenvalue weighted by molar-refractivity contribution is 8.02. The molecule has 0 radical (unpaired) electrons. The number of thioether (sulfide) groups is 1. The van der Waals surface area contributed by atoms with E-state index in [1.807, 2.05) is 6.92 Å². The van der Waals surface area contributed by atoms with Crippen LogP contribution in [-0.4, -0.2) is 16.0 Å². The second-order valence-electron chi connectivity index (χ2n) is 1.35. The van der Waals surface area contributed by atoms with E-state index in [1.165, 1.54) is 17.2 Å². The molecule has 0 atom stereocenters. The summed E-state index contributed by atoms with van der Waals surface area (Å²) in [5.41, 5.74) is 0. The molecule has 3 heteroatoms. The van der Waals surface area contributed by atoms with Crippen molar-refractivity contribution in [3.05, 3.63) is 11.4 Å². The number of hydrogen-bond acceptors (Lipinski definition) is 3. The summed E-state index contributed by atoms with van der Waals surface area (Å²) in [6.45, 7) is 2.04. The van der Waals surface area contributed by atoms with Crippen LogP contribution in [0.15, 0.2) is 11.4 Å². The van der Waals surface area contributed by atoms with E-state index < -0.39 is 5.95 Å².